The van der Waals surface area contributed by atoms with Gasteiger partial charge in [-0.25, -0.2) is 4.79 Å². The Labute approximate surface area is 77.2 Å². The molecule has 0 saturated carbocycles. The van der Waals surface area contributed by atoms with Gasteiger partial charge in [-0.3, -0.25) is 4.79 Å². The molecule has 0 rings (SSSR count). The zero-order valence-corrected chi connectivity index (χ0v) is 8.03. The maximum Gasteiger partial charge on any atom is 0.347 e. The molecule has 0 aromatic carbocycles. The molecule has 13 heavy (non-hydrogen) atoms. The van der Waals surface area contributed by atoms with Gasteiger partial charge in [-0.05, 0) is 25.8 Å². The summed E-state index contributed by atoms with van der Waals surface area (Å²) < 4.78 is 4.55. The van der Waals surface area contributed by atoms with Gasteiger partial charge >= 0.3 is 5.97 Å². The maximum absolute atomic E-state index is 10.9. The van der Waals surface area contributed by atoms with Crippen LogP contribution in [0.3, 0.4) is 0 Å². The molecule has 0 saturated heterocycles. The summed E-state index contributed by atoms with van der Waals surface area (Å²) in [6.45, 7) is 4.82. The van der Waals surface area contributed by atoms with E-state index in [4.69, 9.17) is 5.11 Å². The minimum absolute atomic E-state index is 0.618. The third-order valence-corrected chi connectivity index (χ3v) is 1.54. The van der Waals surface area contributed by atoms with Gasteiger partial charge in [-0.2, -0.15) is 0 Å². The van der Waals surface area contributed by atoms with Crippen molar-refractivity contribution in [2.24, 2.45) is 0 Å². The molecule has 0 aliphatic rings. The molecular formula is C9H14O4. The molecule has 0 aromatic rings. The second-order valence-electron chi connectivity index (χ2n) is 2.77. The average Bonchev–Trinajstić information content (AvgIpc) is 2.11. The summed E-state index contributed by atoms with van der Waals surface area (Å²) in [4.78, 5) is 21.4. The van der Waals surface area contributed by atoms with Crippen LogP contribution in [0.4, 0.5) is 0 Å². The van der Waals surface area contributed by atoms with Crippen molar-refractivity contribution in [1.29, 1.82) is 0 Å². The number of hydrogen-bond acceptors (Lipinski definition) is 4. The van der Waals surface area contributed by atoms with Crippen LogP contribution in [-0.2, 0) is 14.3 Å². The Morgan fingerprint density at radius 2 is 2.00 bits per heavy atom. The van der Waals surface area contributed by atoms with Gasteiger partial charge in [0.25, 0.3) is 0 Å². The molecule has 0 spiro atoms. The molecular weight excluding hydrogens is 172 g/mol. The van der Waals surface area contributed by atoms with Crippen molar-refractivity contribution in [3.8, 4) is 0 Å². The van der Waals surface area contributed by atoms with E-state index in [1.54, 1.807) is 6.92 Å². The fourth-order valence-electron chi connectivity index (χ4n) is 0.472. The SMILES string of the molecule is CCC(C)=COC(=O)C(O)C(C)=O. The van der Waals surface area contributed by atoms with Crippen LogP contribution >= 0.6 is 0 Å². The van der Waals surface area contributed by atoms with E-state index in [2.05, 4.69) is 4.74 Å². The Balaban J connectivity index is 4.09. The van der Waals surface area contributed by atoms with Crippen LogP contribution in [0, 0.1) is 0 Å². The molecule has 74 valence electrons. The van der Waals surface area contributed by atoms with Gasteiger partial charge in [0.05, 0.1) is 6.26 Å². The first-order valence-electron chi connectivity index (χ1n) is 4.03. The molecule has 0 aliphatic heterocycles. The number of carbonyl (C=O) groups excluding carboxylic acids is 2. The van der Waals surface area contributed by atoms with Gasteiger partial charge in [-0.1, -0.05) is 6.92 Å². The third-order valence-electron chi connectivity index (χ3n) is 1.54. The van der Waals surface area contributed by atoms with E-state index in [1.807, 2.05) is 6.92 Å². The number of aliphatic hydroxyl groups is 1. The number of hydrogen-bond donors (Lipinski definition) is 1. The summed E-state index contributed by atoms with van der Waals surface area (Å²) in [5.41, 5.74) is 0.865. The standard InChI is InChI=1S/C9H14O4/c1-4-6(2)5-13-9(12)8(11)7(3)10/h5,8,11H,4H2,1-3H3. The molecule has 0 aromatic heterocycles. The second-order valence-corrected chi connectivity index (χ2v) is 2.77. The number of allylic oxidation sites excluding steroid dienone is 1. The van der Waals surface area contributed by atoms with Crippen LogP contribution in [0.1, 0.15) is 27.2 Å². The maximum atomic E-state index is 10.9. The first-order valence-corrected chi connectivity index (χ1v) is 4.03. The van der Waals surface area contributed by atoms with Crippen LogP contribution < -0.4 is 0 Å². The summed E-state index contributed by atoms with van der Waals surface area (Å²) in [6.07, 6.45) is 0.332. The van der Waals surface area contributed by atoms with Gasteiger partial charge in [0, 0.05) is 0 Å². The zero-order valence-electron chi connectivity index (χ0n) is 8.03. The summed E-state index contributed by atoms with van der Waals surface area (Å²) in [5, 5.41) is 8.93. The number of Topliss-reactive ketones (excluding diaryl/α,β-unsaturated/α-hetero) is 1. The minimum atomic E-state index is -1.67. The Kier molecular flexibility index (Phi) is 4.99. The van der Waals surface area contributed by atoms with Crippen LogP contribution in [0.2, 0.25) is 0 Å². The van der Waals surface area contributed by atoms with Crippen LogP contribution in [-0.4, -0.2) is 23.0 Å². The molecule has 0 radical (unpaired) electrons. The van der Waals surface area contributed by atoms with Crippen molar-refractivity contribution in [3.63, 3.8) is 0 Å². The molecule has 1 atom stereocenters. The number of ketones is 1. The lowest BCUT2D eigenvalue weighted by atomic mass is 10.2. The van der Waals surface area contributed by atoms with E-state index >= 15 is 0 Å². The highest BCUT2D eigenvalue weighted by Crippen LogP contribution is 1.99. The molecule has 4 heteroatoms. The van der Waals surface area contributed by atoms with E-state index in [0.717, 1.165) is 18.9 Å². The van der Waals surface area contributed by atoms with E-state index in [-0.39, 0.29) is 0 Å². The topological polar surface area (TPSA) is 63.6 Å². The fourth-order valence-corrected chi connectivity index (χ4v) is 0.472. The molecule has 0 fully saturated rings. The smallest absolute Gasteiger partial charge is 0.347 e. The monoisotopic (exact) mass is 186 g/mol. The Hall–Kier alpha value is -1.16. The highest BCUT2D eigenvalue weighted by Gasteiger charge is 2.20. The van der Waals surface area contributed by atoms with E-state index < -0.39 is 17.9 Å². The van der Waals surface area contributed by atoms with E-state index in [9.17, 15) is 9.59 Å². The molecule has 4 nitrogen and oxygen atoms in total. The first-order chi connectivity index (χ1) is 5.99. The molecule has 0 aliphatic carbocycles. The second kappa shape index (κ2) is 5.48. The summed E-state index contributed by atoms with van der Waals surface area (Å²) in [7, 11) is 0. The number of esters is 1. The Morgan fingerprint density at radius 3 is 2.38 bits per heavy atom. The van der Waals surface area contributed by atoms with Gasteiger partial charge in [-0.15, -0.1) is 0 Å². The average molecular weight is 186 g/mol. The number of ether oxygens (including phenoxy) is 1. The summed E-state index contributed by atoms with van der Waals surface area (Å²) >= 11 is 0. The van der Waals surface area contributed by atoms with Crippen molar-refractivity contribution in [3.05, 3.63) is 11.8 Å². The van der Waals surface area contributed by atoms with Crippen molar-refractivity contribution >= 4 is 11.8 Å². The van der Waals surface area contributed by atoms with Crippen LogP contribution in [0.25, 0.3) is 0 Å². The third kappa shape index (κ3) is 4.42. The molecule has 1 unspecified atom stereocenters. The van der Waals surface area contributed by atoms with Crippen LogP contribution in [0.5, 0.6) is 0 Å². The lowest BCUT2D eigenvalue weighted by molar-refractivity contribution is -0.152. The first kappa shape index (κ1) is 11.8. The lowest BCUT2D eigenvalue weighted by Gasteiger charge is -2.04. The van der Waals surface area contributed by atoms with E-state index in [0.29, 0.717) is 0 Å². The molecule has 0 heterocycles. The summed E-state index contributed by atoms with van der Waals surface area (Å²) in [6, 6.07) is 0. The largest absolute Gasteiger partial charge is 0.432 e. The number of carbonyl (C=O) groups is 2. The van der Waals surface area contributed by atoms with E-state index in [1.165, 1.54) is 6.26 Å². The Bertz CT molecular complexity index is 230. The predicted molar refractivity (Wildman–Crippen MR) is 46.8 cm³/mol. The zero-order chi connectivity index (χ0) is 10.4. The molecule has 0 amide bonds. The molecule has 0 bridgehead atoms. The summed E-state index contributed by atoms with van der Waals surface area (Å²) in [5.74, 6) is -1.55. The predicted octanol–water partition coefficient (Wildman–Crippen LogP) is 0.793. The normalized spacial score (nSPS) is 13.7. The lowest BCUT2D eigenvalue weighted by Crippen LogP contribution is -2.28. The van der Waals surface area contributed by atoms with Gasteiger partial charge in [0.2, 0.25) is 6.10 Å². The van der Waals surface area contributed by atoms with Crippen molar-refractivity contribution in [2.75, 3.05) is 0 Å². The number of rotatable bonds is 4. The quantitative estimate of drug-likeness (QED) is 0.400. The number of aliphatic hydroxyl groups excluding tert-OH is 1. The highest BCUT2D eigenvalue weighted by molar-refractivity contribution is 6.00. The van der Waals surface area contributed by atoms with Gasteiger partial charge in [0.1, 0.15) is 0 Å². The highest BCUT2D eigenvalue weighted by atomic mass is 16.5. The fraction of sp³-hybridized carbons (Fsp3) is 0.556. The van der Waals surface area contributed by atoms with Crippen molar-refractivity contribution in [2.45, 2.75) is 33.3 Å². The van der Waals surface area contributed by atoms with Gasteiger partial charge in [0.15, 0.2) is 5.78 Å². The van der Waals surface area contributed by atoms with Crippen molar-refractivity contribution in [1.82, 2.24) is 0 Å². The Morgan fingerprint density at radius 1 is 1.46 bits per heavy atom. The van der Waals surface area contributed by atoms with Gasteiger partial charge < -0.3 is 9.84 Å². The van der Waals surface area contributed by atoms with Crippen LogP contribution in [0.15, 0.2) is 11.8 Å². The molecule has 1 N–H and O–H groups in total. The minimum Gasteiger partial charge on any atom is -0.432 e. The van der Waals surface area contributed by atoms with Crippen molar-refractivity contribution < 1.29 is 19.4 Å².